The molecule has 2 aromatic carbocycles. The molecule has 30 heavy (non-hydrogen) atoms. The minimum Gasteiger partial charge on any atom is -0.495 e. The van der Waals surface area contributed by atoms with Crippen LogP contribution in [0, 0.1) is 0 Å². The maximum absolute atomic E-state index is 12.6. The van der Waals surface area contributed by atoms with Crippen molar-refractivity contribution in [3.05, 3.63) is 59.2 Å². The maximum atomic E-state index is 12.6. The van der Waals surface area contributed by atoms with Crippen molar-refractivity contribution in [1.82, 2.24) is 15.4 Å². The number of methoxy groups -OCH3 is 2. The van der Waals surface area contributed by atoms with Gasteiger partial charge in [0.25, 0.3) is 11.8 Å². The fraction of sp³-hybridized carbons (Fsp3) is 0.300. The molecule has 0 bridgehead atoms. The summed E-state index contributed by atoms with van der Waals surface area (Å²) in [6.45, 7) is 0.459. The molecule has 0 aliphatic rings. The van der Waals surface area contributed by atoms with Crippen LogP contribution in [0.1, 0.15) is 26.3 Å². The van der Waals surface area contributed by atoms with Gasteiger partial charge in [0.15, 0.2) is 0 Å². The highest BCUT2D eigenvalue weighted by Gasteiger charge is 2.21. The van der Waals surface area contributed by atoms with E-state index in [1.54, 1.807) is 24.3 Å². The van der Waals surface area contributed by atoms with E-state index in [4.69, 9.17) is 9.47 Å². The highest BCUT2D eigenvalue weighted by atomic mass is 32.2. The van der Waals surface area contributed by atoms with E-state index in [-0.39, 0.29) is 41.8 Å². The highest BCUT2D eigenvalue weighted by molar-refractivity contribution is 7.89. The molecule has 2 aromatic rings. The molecule has 0 radical (unpaired) electrons. The molecule has 3 N–H and O–H groups in total. The molecule has 0 saturated heterocycles. The first-order valence-corrected chi connectivity index (χ1v) is 10.6. The lowest BCUT2D eigenvalue weighted by Crippen LogP contribution is -2.28. The first-order chi connectivity index (χ1) is 14.3. The van der Waals surface area contributed by atoms with Gasteiger partial charge in [-0.15, -0.1) is 0 Å². The van der Waals surface area contributed by atoms with E-state index in [2.05, 4.69) is 15.4 Å². The van der Waals surface area contributed by atoms with Crippen molar-refractivity contribution in [2.45, 2.75) is 11.4 Å². The fourth-order valence-electron chi connectivity index (χ4n) is 2.64. The molecule has 10 heteroatoms. The smallest absolute Gasteiger partial charge is 0.251 e. The molecule has 9 nitrogen and oxygen atoms in total. The molecular formula is C20H25N3O6S. The number of ether oxygens (including phenoxy) is 2. The largest absolute Gasteiger partial charge is 0.495 e. The number of carbonyl (C=O) groups excluding carboxylic acids is 2. The van der Waals surface area contributed by atoms with Crippen LogP contribution >= 0.6 is 0 Å². The Morgan fingerprint density at radius 3 is 2.40 bits per heavy atom. The molecule has 0 spiro atoms. The zero-order valence-corrected chi connectivity index (χ0v) is 17.8. The lowest BCUT2D eigenvalue weighted by atomic mass is 10.1. The first-order valence-electron chi connectivity index (χ1n) is 9.08. The van der Waals surface area contributed by atoms with E-state index >= 15 is 0 Å². The van der Waals surface area contributed by atoms with Crippen molar-refractivity contribution in [3.63, 3.8) is 0 Å². The predicted octanol–water partition coefficient (Wildman–Crippen LogP) is 0.910. The van der Waals surface area contributed by atoms with E-state index in [1.807, 2.05) is 0 Å². The number of rotatable bonds is 10. The average Bonchev–Trinajstić information content (AvgIpc) is 2.76. The van der Waals surface area contributed by atoms with Crippen molar-refractivity contribution < 1.29 is 27.5 Å². The number of nitrogens with one attached hydrogen (secondary N) is 3. The Labute approximate surface area is 175 Å². The van der Waals surface area contributed by atoms with Gasteiger partial charge in [-0.2, -0.15) is 0 Å². The van der Waals surface area contributed by atoms with E-state index < -0.39 is 15.9 Å². The summed E-state index contributed by atoms with van der Waals surface area (Å²) in [4.78, 5) is 24.2. The van der Waals surface area contributed by atoms with Crippen LogP contribution in [0.3, 0.4) is 0 Å². The minimum atomic E-state index is -3.90. The standard InChI is InChI=1S/C20H25N3O6S/c1-21-19(24)15-6-4-5-14(11-15)13-22-20(25)16-7-8-17(29-3)18(12-16)30(26,27)23-9-10-28-2/h4-8,11-12,23H,9-10,13H2,1-3H3,(H,21,24)(H,22,25). The van der Waals surface area contributed by atoms with Crippen molar-refractivity contribution in [2.24, 2.45) is 0 Å². The van der Waals surface area contributed by atoms with Crippen LogP contribution in [0.25, 0.3) is 0 Å². The number of hydrogen-bond acceptors (Lipinski definition) is 6. The second-order valence-electron chi connectivity index (χ2n) is 6.22. The molecule has 0 aromatic heterocycles. The second-order valence-corrected chi connectivity index (χ2v) is 7.95. The van der Waals surface area contributed by atoms with Crippen LogP contribution in [0.5, 0.6) is 5.75 Å². The highest BCUT2D eigenvalue weighted by Crippen LogP contribution is 2.24. The molecule has 0 saturated carbocycles. The molecular weight excluding hydrogens is 410 g/mol. The molecule has 0 heterocycles. The monoisotopic (exact) mass is 435 g/mol. The Kier molecular flexibility index (Phi) is 8.34. The number of sulfonamides is 1. The van der Waals surface area contributed by atoms with Crippen LogP contribution in [0.15, 0.2) is 47.4 Å². The van der Waals surface area contributed by atoms with Gasteiger partial charge < -0.3 is 20.1 Å². The maximum Gasteiger partial charge on any atom is 0.251 e. The molecule has 0 atom stereocenters. The molecule has 2 rings (SSSR count). The predicted molar refractivity (Wildman–Crippen MR) is 111 cm³/mol. The van der Waals surface area contributed by atoms with Crippen LogP contribution in [0.2, 0.25) is 0 Å². The van der Waals surface area contributed by atoms with Gasteiger partial charge in [0, 0.05) is 38.4 Å². The molecule has 0 fully saturated rings. The lowest BCUT2D eigenvalue weighted by molar-refractivity contribution is 0.0948. The zero-order chi connectivity index (χ0) is 22.1. The zero-order valence-electron chi connectivity index (χ0n) is 17.0. The summed E-state index contributed by atoms with van der Waals surface area (Å²) in [7, 11) is 0.454. The second kappa shape index (κ2) is 10.7. The minimum absolute atomic E-state index is 0.0834. The third-order valence-electron chi connectivity index (χ3n) is 4.18. The Morgan fingerprint density at radius 1 is 1.00 bits per heavy atom. The Balaban J connectivity index is 2.17. The van der Waals surface area contributed by atoms with E-state index in [1.165, 1.54) is 39.5 Å². The summed E-state index contributed by atoms with van der Waals surface area (Å²) in [5.74, 6) is -0.569. The summed E-state index contributed by atoms with van der Waals surface area (Å²) in [5, 5.41) is 5.26. The topological polar surface area (TPSA) is 123 Å². The van der Waals surface area contributed by atoms with Crippen LogP contribution in [-0.4, -0.2) is 54.7 Å². The van der Waals surface area contributed by atoms with Gasteiger partial charge in [-0.3, -0.25) is 9.59 Å². The normalized spacial score (nSPS) is 11.0. The van der Waals surface area contributed by atoms with Crippen LogP contribution in [0.4, 0.5) is 0 Å². The van der Waals surface area contributed by atoms with Crippen molar-refractivity contribution in [2.75, 3.05) is 34.4 Å². The fourth-order valence-corrected chi connectivity index (χ4v) is 3.84. The molecule has 0 aliphatic carbocycles. The van der Waals surface area contributed by atoms with Crippen LogP contribution in [-0.2, 0) is 21.3 Å². The van der Waals surface area contributed by atoms with Crippen molar-refractivity contribution >= 4 is 21.8 Å². The number of hydrogen-bond donors (Lipinski definition) is 3. The summed E-state index contributed by atoms with van der Waals surface area (Å²) < 4.78 is 37.5. The quantitative estimate of drug-likeness (QED) is 0.477. The number of benzene rings is 2. The first kappa shape index (κ1) is 23.3. The molecule has 2 amide bonds. The SMILES string of the molecule is CNC(=O)c1cccc(CNC(=O)c2ccc(OC)c(S(=O)(=O)NCCOC)c2)c1. The Bertz CT molecular complexity index is 1010. The summed E-state index contributed by atoms with van der Waals surface area (Å²) in [5.41, 5.74) is 1.36. The van der Waals surface area contributed by atoms with Gasteiger partial charge in [-0.05, 0) is 35.9 Å². The Hall–Kier alpha value is -2.95. The van der Waals surface area contributed by atoms with Gasteiger partial charge in [-0.25, -0.2) is 13.1 Å². The van der Waals surface area contributed by atoms with Crippen LogP contribution < -0.4 is 20.1 Å². The molecule has 0 aliphatic heterocycles. The van der Waals surface area contributed by atoms with Gasteiger partial charge in [-0.1, -0.05) is 12.1 Å². The number of amides is 2. The lowest BCUT2D eigenvalue weighted by Gasteiger charge is -2.13. The van der Waals surface area contributed by atoms with Crippen molar-refractivity contribution in [1.29, 1.82) is 0 Å². The van der Waals surface area contributed by atoms with Crippen molar-refractivity contribution in [3.8, 4) is 5.75 Å². The summed E-state index contributed by atoms with van der Waals surface area (Å²) in [6.07, 6.45) is 0. The van der Waals surface area contributed by atoms with Gasteiger partial charge in [0.2, 0.25) is 10.0 Å². The third-order valence-corrected chi connectivity index (χ3v) is 5.67. The van der Waals surface area contributed by atoms with Gasteiger partial charge in [0.05, 0.1) is 13.7 Å². The Morgan fingerprint density at radius 2 is 1.73 bits per heavy atom. The van der Waals surface area contributed by atoms with E-state index in [9.17, 15) is 18.0 Å². The summed E-state index contributed by atoms with van der Waals surface area (Å²) in [6, 6.07) is 11.0. The van der Waals surface area contributed by atoms with E-state index in [0.29, 0.717) is 5.56 Å². The van der Waals surface area contributed by atoms with Gasteiger partial charge >= 0.3 is 0 Å². The van der Waals surface area contributed by atoms with E-state index in [0.717, 1.165) is 5.56 Å². The average molecular weight is 436 g/mol. The van der Waals surface area contributed by atoms with Gasteiger partial charge in [0.1, 0.15) is 10.6 Å². The molecule has 0 unspecified atom stereocenters. The summed E-state index contributed by atoms with van der Waals surface area (Å²) >= 11 is 0. The third kappa shape index (κ3) is 6.02. The molecule has 162 valence electrons. The number of carbonyl (C=O) groups is 2.